The number of rotatable bonds is 4. The van der Waals surface area contributed by atoms with Crippen molar-refractivity contribution in [1.82, 2.24) is 9.78 Å². The molecule has 18 heavy (non-hydrogen) atoms. The molecule has 5 heteroatoms. The highest BCUT2D eigenvalue weighted by Gasteiger charge is 2.11. The van der Waals surface area contributed by atoms with Gasteiger partial charge < -0.3 is 11.1 Å². The molecule has 0 bridgehead atoms. The fourth-order valence-electron chi connectivity index (χ4n) is 1.78. The number of aromatic nitrogens is 2. The van der Waals surface area contributed by atoms with Crippen molar-refractivity contribution >= 4 is 17.3 Å². The molecule has 0 amide bonds. The van der Waals surface area contributed by atoms with Crippen LogP contribution >= 0.6 is 11.6 Å². The van der Waals surface area contributed by atoms with Gasteiger partial charge >= 0.3 is 0 Å². The van der Waals surface area contributed by atoms with Gasteiger partial charge in [0.05, 0.1) is 12.2 Å². The van der Waals surface area contributed by atoms with E-state index < -0.39 is 0 Å². The lowest BCUT2D eigenvalue weighted by molar-refractivity contribution is 0.759. The summed E-state index contributed by atoms with van der Waals surface area (Å²) in [6, 6.07) is 5.94. The molecule has 0 spiro atoms. The molecular weight excluding hydrogens is 248 g/mol. The molecule has 2 rings (SSSR count). The van der Waals surface area contributed by atoms with E-state index in [4.69, 9.17) is 17.3 Å². The standard InChI is InChI=1S/C13H17ClN4/c1-9-3-4-11(5-12(9)14)17-13(6-15)10-7-16-18(2)8-10/h3-5,7-8,13,17H,6,15H2,1-2H3. The lowest BCUT2D eigenvalue weighted by Crippen LogP contribution is -2.20. The molecule has 0 aliphatic rings. The number of anilines is 1. The molecule has 0 saturated heterocycles. The van der Waals surface area contributed by atoms with Gasteiger partial charge in [-0.1, -0.05) is 17.7 Å². The van der Waals surface area contributed by atoms with E-state index in [0.29, 0.717) is 6.54 Å². The Morgan fingerprint density at radius 2 is 2.28 bits per heavy atom. The minimum absolute atomic E-state index is 0.0393. The third-order valence-corrected chi connectivity index (χ3v) is 3.28. The van der Waals surface area contributed by atoms with E-state index in [-0.39, 0.29) is 6.04 Å². The molecule has 0 aliphatic carbocycles. The predicted molar refractivity (Wildman–Crippen MR) is 74.8 cm³/mol. The Bertz CT molecular complexity index is 536. The first-order chi connectivity index (χ1) is 8.60. The van der Waals surface area contributed by atoms with E-state index in [0.717, 1.165) is 21.8 Å². The summed E-state index contributed by atoms with van der Waals surface area (Å²) >= 11 is 6.10. The van der Waals surface area contributed by atoms with Crippen LogP contribution in [0.2, 0.25) is 5.02 Å². The molecule has 3 N–H and O–H groups in total. The van der Waals surface area contributed by atoms with E-state index in [1.807, 2.05) is 44.6 Å². The van der Waals surface area contributed by atoms with Crippen molar-refractivity contribution in [3.05, 3.63) is 46.7 Å². The first-order valence-corrected chi connectivity index (χ1v) is 6.19. The summed E-state index contributed by atoms with van der Waals surface area (Å²) in [5.41, 5.74) is 8.89. The van der Waals surface area contributed by atoms with Gasteiger partial charge in [-0.2, -0.15) is 5.10 Å². The van der Waals surface area contributed by atoms with Crippen molar-refractivity contribution in [3.63, 3.8) is 0 Å². The van der Waals surface area contributed by atoms with E-state index in [1.54, 1.807) is 4.68 Å². The van der Waals surface area contributed by atoms with E-state index in [9.17, 15) is 0 Å². The first kappa shape index (κ1) is 12.9. The fraction of sp³-hybridized carbons (Fsp3) is 0.308. The highest BCUT2D eigenvalue weighted by molar-refractivity contribution is 6.31. The smallest absolute Gasteiger partial charge is 0.0667 e. The first-order valence-electron chi connectivity index (χ1n) is 5.81. The molecule has 0 radical (unpaired) electrons. The van der Waals surface area contributed by atoms with Crippen molar-refractivity contribution < 1.29 is 0 Å². The summed E-state index contributed by atoms with van der Waals surface area (Å²) in [4.78, 5) is 0. The van der Waals surface area contributed by atoms with Gasteiger partial charge in [0.1, 0.15) is 0 Å². The Labute approximate surface area is 112 Å². The molecule has 0 saturated carbocycles. The summed E-state index contributed by atoms with van der Waals surface area (Å²) in [7, 11) is 1.89. The van der Waals surface area contributed by atoms with E-state index in [2.05, 4.69) is 10.4 Å². The van der Waals surface area contributed by atoms with Crippen molar-refractivity contribution in [2.45, 2.75) is 13.0 Å². The zero-order chi connectivity index (χ0) is 13.1. The lowest BCUT2D eigenvalue weighted by atomic mass is 10.1. The Hall–Kier alpha value is -1.52. The Kier molecular flexibility index (Phi) is 3.89. The number of aryl methyl sites for hydroxylation is 2. The SMILES string of the molecule is Cc1ccc(NC(CN)c2cnn(C)c2)cc1Cl. The zero-order valence-corrected chi connectivity index (χ0v) is 11.3. The van der Waals surface area contributed by atoms with E-state index >= 15 is 0 Å². The van der Waals surface area contributed by atoms with Gasteiger partial charge in [-0.15, -0.1) is 0 Å². The molecule has 0 fully saturated rings. The molecule has 1 heterocycles. The maximum atomic E-state index is 6.10. The average Bonchev–Trinajstić information content (AvgIpc) is 2.77. The minimum Gasteiger partial charge on any atom is -0.377 e. The summed E-state index contributed by atoms with van der Waals surface area (Å²) in [6.07, 6.45) is 3.78. The topological polar surface area (TPSA) is 55.9 Å². The van der Waals surface area contributed by atoms with Crippen molar-refractivity contribution in [2.24, 2.45) is 12.8 Å². The van der Waals surface area contributed by atoms with Gasteiger partial charge in [-0.25, -0.2) is 0 Å². The summed E-state index contributed by atoms with van der Waals surface area (Å²) in [5, 5.41) is 8.27. The van der Waals surface area contributed by atoms with E-state index in [1.165, 1.54) is 0 Å². The number of benzene rings is 1. The highest BCUT2D eigenvalue weighted by atomic mass is 35.5. The second kappa shape index (κ2) is 5.42. The van der Waals surface area contributed by atoms with Gasteiger partial charge in [0, 0.05) is 36.1 Å². The number of halogens is 1. The molecule has 0 aliphatic heterocycles. The van der Waals surface area contributed by atoms with Crippen molar-refractivity contribution in [2.75, 3.05) is 11.9 Å². The summed E-state index contributed by atoms with van der Waals surface area (Å²) < 4.78 is 1.77. The minimum atomic E-state index is 0.0393. The van der Waals surface area contributed by atoms with Crippen LogP contribution in [-0.4, -0.2) is 16.3 Å². The normalized spacial score (nSPS) is 12.4. The Balaban J connectivity index is 2.17. The quantitative estimate of drug-likeness (QED) is 0.892. The second-order valence-corrected chi connectivity index (χ2v) is 4.75. The number of nitrogens with one attached hydrogen (secondary N) is 1. The Morgan fingerprint density at radius 1 is 1.50 bits per heavy atom. The third-order valence-electron chi connectivity index (χ3n) is 2.88. The lowest BCUT2D eigenvalue weighted by Gasteiger charge is -2.17. The molecule has 1 unspecified atom stereocenters. The van der Waals surface area contributed by atoms with Crippen molar-refractivity contribution in [3.8, 4) is 0 Å². The van der Waals surface area contributed by atoms with Gasteiger partial charge in [-0.05, 0) is 24.6 Å². The average molecular weight is 265 g/mol. The molecular formula is C13H17ClN4. The van der Waals surface area contributed by atoms with Crippen LogP contribution in [-0.2, 0) is 7.05 Å². The summed E-state index contributed by atoms with van der Waals surface area (Å²) in [5.74, 6) is 0. The maximum Gasteiger partial charge on any atom is 0.0667 e. The van der Waals surface area contributed by atoms with Gasteiger partial charge in [0.15, 0.2) is 0 Å². The van der Waals surface area contributed by atoms with Crippen molar-refractivity contribution in [1.29, 1.82) is 0 Å². The van der Waals surface area contributed by atoms with Crippen LogP contribution in [0.15, 0.2) is 30.6 Å². The highest BCUT2D eigenvalue weighted by Crippen LogP contribution is 2.23. The van der Waals surface area contributed by atoms with Crippen LogP contribution < -0.4 is 11.1 Å². The molecule has 1 aromatic heterocycles. The molecule has 1 aromatic carbocycles. The zero-order valence-electron chi connectivity index (χ0n) is 10.5. The van der Waals surface area contributed by atoms with Crippen LogP contribution in [0, 0.1) is 6.92 Å². The van der Waals surface area contributed by atoms with Gasteiger partial charge in [0.2, 0.25) is 0 Å². The van der Waals surface area contributed by atoms with Crippen LogP contribution in [0.3, 0.4) is 0 Å². The fourth-order valence-corrected chi connectivity index (χ4v) is 1.96. The number of nitrogens with zero attached hydrogens (tertiary/aromatic N) is 2. The number of hydrogen-bond acceptors (Lipinski definition) is 3. The predicted octanol–water partition coefficient (Wildman–Crippen LogP) is 2.49. The largest absolute Gasteiger partial charge is 0.377 e. The molecule has 2 aromatic rings. The maximum absolute atomic E-state index is 6.10. The van der Waals surface area contributed by atoms with Crippen LogP contribution in [0.25, 0.3) is 0 Å². The van der Waals surface area contributed by atoms with Gasteiger partial charge in [-0.3, -0.25) is 4.68 Å². The van der Waals surface area contributed by atoms with Crippen LogP contribution in [0.5, 0.6) is 0 Å². The number of hydrogen-bond donors (Lipinski definition) is 2. The van der Waals surface area contributed by atoms with Crippen LogP contribution in [0.4, 0.5) is 5.69 Å². The summed E-state index contributed by atoms with van der Waals surface area (Å²) in [6.45, 7) is 2.48. The second-order valence-electron chi connectivity index (χ2n) is 4.34. The molecule has 96 valence electrons. The Morgan fingerprint density at radius 3 is 2.83 bits per heavy atom. The van der Waals surface area contributed by atoms with Gasteiger partial charge in [0.25, 0.3) is 0 Å². The third kappa shape index (κ3) is 2.83. The monoisotopic (exact) mass is 264 g/mol. The van der Waals surface area contributed by atoms with Crippen LogP contribution in [0.1, 0.15) is 17.2 Å². The molecule has 4 nitrogen and oxygen atoms in total. The number of nitrogens with two attached hydrogens (primary N) is 1. The molecule has 1 atom stereocenters.